The van der Waals surface area contributed by atoms with Gasteiger partial charge in [-0.05, 0) is 32.0 Å². The van der Waals surface area contributed by atoms with Crippen molar-refractivity contribution in [3.05, 3.63) is 41.3 Å². The number of pyridine rings is 1. The van der Waals surface area contributed by atoms with Crippen LogP contribution in [0.4, 0.5) is 10.2 Å². The summed E-state index contributed by atoms with van der Waals surface area (Å²) in [6.07, 6.45) is 0. The highest BCUT2D eigenvalue weighted by Gasteiger charge is 2.18. The molecule has 0 aliphatic heterocycles. The van der Waals surface area contributed by atoms with Gasteiger partial charge in [-0.1, -0.05) is 11.3 Å². The number of aromatic nitrogens is 3. The molecule has 1 aromatic carbocycles. The van der Waals surface area contributed by atoms with Gasteiger partial charge in [-0.15, -0.1) is 10.2 Å². The zero-order valence-corrected chi connectivity index (χ0v) is 18.1. The summed E-state index contributed by atoms with van der Waals surface area (Å²) >= 11 is 1.15. The number of halogens is 1. The van der Waals surface area contributed by atoms with Crippen LogP contribution in [-0.4, -0.2) is 45.6 Å². The first-order chi connectivity index (χ1) is 15.3. The van der Waals surface area contributed by atoms with Gasteiger partial charge in [-0.25, -0.2) is 9.37 Å². The summed E-state index contributed by atoms with van der Waals surface area (Å²) in [5.41, 5.74) is 6.83. The molecule has 0 bridgehead atoms. The van der Waals surface area contributed by atoms with Crippen molar-refractivity contribution in [3.8, 4) is 39.0 Å². The number of nitrogens with one attached hydrogen (secondary N) is 1. The van der Waals surface area contributed by atoms with Crippen molar-refractivity contribution >= 4 is 17.2 Å². The van der Waals surface area contributed by atoms with E-state index >= 15 is 0 Å². The number of aliphatic hydroxyl groups excluding tert-OH is 1. The fourth-order valence-corrected chi connectivity index (χ4v) is 3.57. The smallest absolute Gasteiger partial charge is 0.165 e. The topological polar surface area (TPSA) is 154 Å². The molecule has 1 atom stereocenters. The molecule has 0 fully saturated rings. The lowest BCUT2D eigenvalue weighted by molar-refractivity contribution is 0.202. The molecule has 1 unspecified atom stereocenters. The monoisotopic (exact) mass is 453 g/mol. The van der Waals surface area contributed by atoms with Gasteiger partial charge in [0.1, 0.15) is 40.3 Å². The third-order valence-electron chi connectivity index (χ3n) is 4.16. The molecule has 3 rings (SSSR count). The molecule has 11 heteroatoms. The van der Waals surface area contributed by atoms with Gasteiger partial charge < -0.3 is 20.9 Å². The highest BCUT2D eigenvalue weighted by Crippen LogP contribution is 2.35. The predicted molar refractivity (Wildman–Crippen MR) is 117 cm³/mol. The minimum absolute atomic E-state index is 0.101. The number of nitriles is 2. The number of rotatable bonds is 8. The van der Waals surface area contributed by atoms with Crippen LogP contribution in [0, 0.1) is 28.5 Å². The maximum Gasteiger partial charge on any atom is 0.165 e. The van der Waals surface area contributed by atoms with E-state index in [2.05, 4.69) is 20.5 Å². The highest BCUT2D eigenvalue weighted by molar-refractivity contribution is 7.18. The number of hydrogen-bond acceptors (Lipinski definition) is 10. The van der Waals surface area contributed by atoms with Crippen molar-refractivity contribution in [3.63, 3.8) is 0 Å². The lowest BCUT2D eigenvalue weighted by atomic mass is 10.1. The SMILES string of the molecule is CC(C)Nc1cc(-c2nnc(-c3cc(F)c(OCC(N)CO)cc3C#N)s2)cc(C#N)n1. The molecule has 4 N–H and O–H groups in total. The molecule has 0 saturated heterocycles. The molecule has 2 heterocycles. The summed E-state index contributed by atoms with van der Waals surface area (Å²) in [6.45, 7) is 3.49. The standard InChI is InChI=1S/C21H20FN7O2S/c1-11(2)26-19-5-12(3-15(8-24)27-19)20-28-29-21(32-20)16-6-17(22)18(4-13(16)7-23)31-10-14(25)9-30/h3-6,11,14,30H,9-10,25H2,1-2H3,(H,26,27). The molecule has 0 radical (unpaired) electrons. The number of nitrogens with zero attached hydrogens (tertiary/aromatic N) is 5. The summed E-state index contributed by atoms with van der Waals surface area (Å²) in [5.74, 6) is -0.312. The molecule has 0 amide bonds. The van der Waals surface area contributed by atoms with E-state index in [9.17, 15) is 14.9 Å². The number of nitrogens with two attached hydrogens (primary N) is 1. The Morgan fingerprint density at radius 1 is 1.19 bits per heavy atom. The summed E-state index contributed by atoms with van der Waals surface area (Å²) < 4.78 is 19.9. The number of hydrogen-bond donors (Lipinski definition) is 3. The Bertz CT molecular complexity index is 1200. The van der Waals surface area contributed by atoms with Crippen LogP contribution in [0.15, 0.2) is 24.3 Å². The van der Waals surface area contributed by atoms with Gasteiger partial charge in [0.05, 0.1) is 18.2 Å². The van der Waals surface area contributed by atoms with Crippen LogP contribution in [0.3, 0.4) is 0 Å². The van der Waals surface area contributed by atoms with E-state index in [0.29, 0.717) is 21.4 Å². The largest absolute Gasteiger partial charge is 0.489 e. The van der Waals surface area contributed by atoms with Crippen molar-refractivity contribution in [1.82, 2.24) is 15.2 Å². The van der Waals surface area contributed by atoms with Crippen LogP contribution in [0.2, 0.25) is 0 Å². The Labute approximate surface area is 187 Å². The maximum absolute atomic E-state index is 14.6. The number of aliphatic hydroxyl groups is 1. The zero-order chi connectivity index (χ0) is 23.3. The summed E-state index contributed by atoms with van der Waals surface area (Å²) in [5, 5.41) is 40.0. The fraction of sp³-hybridized carbons (Fsp3) is 0.286. The molecule has 0 aliphatic rings. The van der Waals surface area contributed by atoms with Crippen LogP contribution in [0.1, 0.15) is 25.1 Å². The van der Waals surface area contributed by atoms with E-state index in [1.54, 1.807) is 12.1 Å². The Balaban J connectivity index is 1.96. The van der Waals surface area contributed by atoms with Gasteiger partial charge in [-0.3, -0.25) is 0 Å². The van der Waals surface area contributed by atoms with Gasteiger partial charge in [-0.2, -0.15) is 10.5 Å². The Morgan fingerprint density at radius 2 is 1.94 bits per heavy atom. The van der Waals surface area contributed by atoms with Gasteiger partial charge in [0, 0.05) is 23.2 Å². The average Bonchev–Trinajstić information content (AvgIpc) is 3.27. The van der Waals surface area contributed by atoms with E-state index in [-0.39, 0.29) is 41.8 Å². The highest BCUT2D eigenvalue weighted by atomic mass is 32.1. The second-order valence-corrected chi connectivity index (χ2v) is 8.12. The predicted octanol–water partition coefficient (Wildman–Crippen LogP) is 2.67. The molecule has 3 aromatic rings. The Kier molecular flexibility index (Phi) is 7.28. The minimum Gasteiger partial charge on any atom is -0.489 e. The maximum atomic E-state index is 14.6. The second kappa shape index (κ2) is 10.1. The molecule has 0 aliphatic carbocycles. The molecule has 2 aromatic heterocycles. The van der Waals surface area contributed by atoms with E-state index in [1.165, 1.54) is 6.07 Å². The molecular formula is C21H20FN7O2S. The summed E-state index contributed by atoms with van der Waals surface area (Å²) in [4.78, 5) is 4.22. The first kappa shape index (κ1) is 23.0. The quantitative estimate of drug-likeness (QED) is 0.467. The van der Waals surface area contributed by atoms with Crippen LogP contribution in [-0.2, 0) is 0 Å². The first-order valence-corrected chi connectivity index (χ1v) is 10.4. The van der Waals surface area contributed by atoms with E-state index in [0.717, 1.165) is 17.4 Å². The van der Waals surface area contributed by atoms with Gasteiger partial charge in [0.15, 0.2) is 11.6 Å². The summed E-state index contributed by atoms with van der Waals surface area (Å²) in [6, 6.07) is 9.23. The third kappa shape index (κ3) is 5.34. The zero-order valence-electron chi connectivity index (χ0n) is 17.3. The lowest BCUT2D eigenvalue weighted by Gasteiger charge is -2.12. The van der Waals surface area contributed by atoms with E-state index in [1.807, 2.05) is 26.0 Å². The second-order valence-electron chi connectivity index (χ2n) is 7.14. The van der Waals surface area contributed by atoms with Crippen molar-refractivity contribution in [1.29, 1.82) is 10.5 Å². The third-order valence-corrected chi connectivity index (χ3v) is 5.16. The first-order valence-electron chi connectivity index (χ1n) is 9.60. The molecule has 0 spiro atoms. The van der Waals surface area contributed by atoms with Crippen LogP contribution >= 0.6 is 11.3 Å². The van der Waals surface area contributed by atoms with Gasteiger partial charge in [0.2, 0.25) is 0 Å². The van der Waals surface area contributed by atoms with Crippen molar-refractivity contribution in [2.75, 3.05) is 18.5 Å². The normalized spacial score (nSPS) is 11.6. The lowest BCUT2D eigenvalue weighted by Crippen LogP contribution is -2.31. The van der Waals surface area contributed by atoms with Crippen LogP contribution in [0.5, 0.6) is 5.75 Å². The summed E-state index contributed by atoms with van der Waals surface area (Å²) in [7, 11) is 0. The molecule has 32 heavy (non-hydrogen) atoms. The van der Waals surface area contributed by atoms with Crippen molar-refractivity contribution < 1.29 is 14.2 Å². The van der Waals surface area contributed by atoms with Crippen molar-refractivity contribution in [2.45, 2.75) is 25.9 Å². The van der Waals surface area contributed by atoms with Crippen molar-refractivity contribution in [2.24, 2.45) is 5.73 Å². The van der Waals surface area contributed by atoms with Gasteiger partial charge in [0.25, 0.3) is 0 Å². The van der Waals surface area contributed by atoms with Gasteiger partial charge >= 0.3 is 0 Å². The molecular weight excluding hydrogens is 433 g/mol. The average molecular weight is 454 g/mol. The Hall–Kier alpha value is -3.64. The number of ether oxygens (including phenoxy) is 1. The van der Waals surface area contributed by atoms with E-state index < -0.39 is 11.9 Å². The Morgan fingerprint density at radius 3 is 2.59 bits per heavy atom. The minimum atomic E-state index is -0.694. The molecule has 0 saturated carbocycles. The molecule has 164 valence electrons. The van der Waals surface area contributed by atoms with E-state index in [4.69, 9.17) is 15.6 Å². The number of benzene rings is 1. The van der Waals surface area contributed by atoms with Crippen LogP contribution in [0.25, 0.3) is 21.1 Å². The molecule has 9 nitrogen and oxygen atoms in total. The fourth-order valence-electron chi connectivity index (χ4n) is 2.71. The van der Waals surface area contributed by atoms with Crippen LogP contribution < -0.4 is 15.8 Å². The number of anilines is 1.